The summed E-state index contributed by atoms with van der Waals surface area (Å²) < 4.78 is 28.5. The first-order valence-corrected chi connectivity index (χ1v) is 10.4. The Balaban J connectivity index is 1.80. The molecule has 0 unspecified atom stereocenters. The van der Waals surface area contributed by atoms with Gasteiger partial charge in [0.2, 0.25) is 0 Å². The molecule has 5 nitrogen and oxygen atoms in total. The van der Waals surface area contributed by atoms with Gasteiger partial charge in [0.05, 0.1) is 24.2 Å². The lowest BCUT2D eigenvalue weighted by Gasteiger charge is -2.30. The molecular weight excluding hydrogens is 440 g/mol. The van der Waals surface area contributed by atoms with E-state index in [4.69, 9.17) is 0 Å². The van der Waals surface area contributed by atoms with Gasteiger partial charge in [0.15, 0.2) is 5.78 Å². The molecule has 34 heavy (non-hydrogen) atoms. The van der Waals surface area contributed by atoms with E-state index in [1.807, 2.05) is 0 Å². The van der Waals surface area contributed by atoms with Gasteiger partial charge in [0, 0.05) is 22.3 Å². The molecule has 1 fully saturated rings. The monoisotopic (exact) mass is 459 g/mol. The van der Waals surface area contributed by atoms with Crippen LogP contribution in [0.4, 0.5) is 8.78 Å². The minimum Gasteiger partial charge on any atom is -0.478 e. The van der Waals surface area contributed by atoms with Crippen LogP contribution in [0.1, 0.15) is 31.8 Å². The molecule has 1 N–H and O–H groups in total. The lowest BCUT2D eigenvalue weighted by atomic mass is 9.93. The molecule has 170 valence electrons. The average Bonchev–Trinajstić information content (AvgIpc) is 2.83. The van der Waals surface area contributed by atoms with Crippen molar-refractivity contribution in [2.24, 2.45) is 0 Å². The van der Waals surface area contributed by atoms with Crippen LogP contribution in [0, 0.1) is 11.6 Å². The van der Waals surface area contributed by atoms with Crippen LogP contribution in [0.3, 0.4) is 0 Å². The van der Waals surface area contributed by atoms with Gasteiger partial charge in [-0.15, -0.1) is 0 Å². The molecule has 0 aromatic heterocycles. The third-order valence-electron chi connectivity index (χ3n) is 5.45. The fourth-order valence-corrected chi connectivity index (χ4v) is 3.77. The summed E-state index contributed by atoms with van der Waals surface area (Å²) in [6.07, 6.45) is 2.71. The molecule has 0 aliphatic carbocycles. The molecule has 1 heterocycles. The van der Waals surface area contributed by atoms with Crippen molar-refractivity contribution in [2.45, 2.75) is 0 Å². The highest BCUT2D eigenvalue weighted by molar-refractivity contribution is 6.16. The number of carboxylic acids is 1. The summed E-state index contributed by atoms with van der Waals surface area (Å²) in [7, 11) is 0. The summed E-state index contributed by atoms with van der Waals surface area (Å²) in [4.78, 5) is 39.4. The smallest absolute Gasteiger partial charge is 0.336 e. The van der Waals surface area contributed by atoms with E-state index in [1.165, 1.54) is 71.6 Å². The second-order valence-corrected chi connectivity index (χ2v) is 7.72. The van der Waals surface area contributed by atoms with Gasteiger partial charge >= 0.3 is 5.97 Å². The molecular formula is C27H19F2NO4. The van der Waals surface area contributed by atoms with Crippen LogP contribution in [-0.2, 0) is 4.79 Å². The molecule has 0 spiro atoms. The van der Waals surface area contributed by atoms with Crippen LogP contribution < -0.4 is 0 Å². The van der Waals surface area contributed by atoms with Crippen molar-refractivity contribution in [1.82, 2.24) is 4.90 Å². The molecule has 0 radical (unpaired) electrons. The minimum absolute atomic E-state index is 0.0418. The number of Topliss-reactive ketones (excluding diaryl/α,β-unsaturated/α-hetero) is 1. The Morgan fingerprint density at radius 2 is 1.18 bits per heavy atom. The number of amides is 1. The number of hydrogen-bond donors (Lipinski definition) is 1. The van der Waals surface area contributed by atoms with Crippen LogP contribution in [0.2, 0.25) is 0 Å². The molecule has 0 bridgehead atoms. The number of likely N-dealkylation sites (tertiary alicyclic amines) is 1. The normalized spacial score (nSPS) is 16.2. The predicted octanol–water partition coefficient (Wildman–Crippen LogP) is 4.86. The molecule has 1 aliphatic heterocycles. The summed E-state index contributed by atoms with van der Waals surface area (Å²) in [6, 6.07) is 17.5. The number of carbonyl (C=O) groups excluding carboxylic acids is 2. The van der Waals surface area contributed by atoms with Gasteiger partial charge in [0.25, 0.3) is 5.91 Å². The zero-order chi connectivity index (χ0) is 24.2. The number of hydrogen-bond acceptors (Lipinski definition) is 3. The first-order valence-electron chi connectivity index (χ1n) is 10.4. The number of benzene rings is 3. The van der Waals surface area contributed by atoms with Crippen molar-refractivity contribution in [2.75, 3.05) is 13.1 Å². The second-order valence-electron chi connectivity index (χ2n) is 7.72. The average molecular weight is 459 g/mol. The highest BCUT2D eigenvalue weighted by Crippen LogP contribution is 2.25. The standard InChI is InChI=1S/C27H19F2NO4/c28-23-11-5-1-7-17(23)13-19-15-30(26(32)21-9-3-4-10-22(21)27(33)34)16-20(25(19)31)14-18-8-2-6-12-24(18)29/h1-14H,15-16H2,(H,33,34)/b19-13+,20-14+. The summed E-state index contributed by atoms with van der Waals surface area (Å²) in [5, 5.41) is 9.48. The summed E-state index contributed by atoms with van der Waals surface area (Å²) in [6.45, 7) is -0.316. The van der Waals surface area contributed by atoms with E-state index in [1.54, 1.807) is 18.2 Å². The van der Waals surface area contributed by atoms with Crippen molar-refractivity contribution in [1.29, 1.82) is 0 Å². The van der Waals surface area contributed by atoms with Gasteiger partial charge in [-0.05, 0) is 36.4 Å². The Bertz CT molecular complexity index is 1290. The van der Waals surface area contributed by atoms with Gasteiger partial charge in [0.1, 0.15) is 11.6 Å². The third kappa shape index (κ3) is 4.68. The lowest BCUT2D eigenvalue weighted by molar-refractivity contribution is -0.113. The van der Waals surface area contributed by atoms with E-state index in [-0.39, 0.29) is 46.5 Å². The van der Waals surface area contributed by atoms with Crippen LogP contribution >= 0.6 is 0 Å². The van der Waals surface area contributed by atoms with Crippen LogP contribution in [0.25, 0.3) is 12.2 Å². The lowest BCUT2D eigenvalue weighted by Crippen LogP contribution is -2.42. The number of rotatable bonds is 4. The van der Waals surface area contributed by atoms with E-state index < -0.39 is 29.3 Å². The van der Waals surface area contributed by atoms with E-state index in [9.17, 15) is 28.3 Å². The van der Waals surface area contributed by atoms with Gasteiger partial charge < -0.3 is 10.0 Å². The van der Waals surface area contributed by atoms with Crippen LogP contribution in [0.5, 0.6) is 0 Å². The minimum atomic E-state index is -1.26. The van der Waals surface area contributed by atoms with Crippen molar-refractivity contribution in [3.8, 4) is 0 Å². The fraction of sp³-hybridized carbons (Fsp3) is 0.0741. The summed E-state index contributed by atoms with van der Waals surface area (Å²) in [5.41, 5.74) is 0.358. The Hall–Kier alpha value is -4.39. The maximum absolute atomic E-state index is 14.3. The van der Waals surface area contributed by atoms with Crippen molar-refractivity contribution < 1.29 is 28.3 Å². The first kappa shape index (κ1) is 22.8. The zero-order valence-corrected chi connectivity index (χ0v) is 17.9. The van der Waals surface area contributed by atoms with Gasteiger partial charge in [-0.1, -0.05) is 48.5 Å². The Labute approximate surface area is 194 Å². The molecule has 7 heteroatoms. The molecule has 1 saturated heterocycles. The quantitative estimate of drug-likeness (QED) is 0.566. The van der Waals surface area contributed by atoms with Gasteiger partial charge in [-0.2, -0.15) is 0 Å². The highest BCUT2D eigenvalue weighted by atomic mass is 19.1. The molecule has 0 atom stereocenters. The van der Waals surface area contributed by atoms with E-state index in [2.05, 4.69) is 0 Å². The van der Waals surface area contributed by atoms with E-state index >= 15 is 0 Å². The summed E-state index contributed by atoms with van der Waals surface area (Å²) in [5.74, 6) is -3.39. The Morgan fingerprint density at radius 1 is 0.735 bits per heavy atom. The molecule has 4 rings (SSSR count). The number of nitrogens with zero attached hydrogens (tertiary/aromatic N) is 1. The summed E-state index contributed by atoms with van der Waals surface area (Å²) >= 11 is 0. The van der Waals surface area contributed by atoms with Gasteiger partial charge in [-0.25, -0.2) is 13.6 Å². The van der Waals surface area contributed by atoms with Crippen LogP contribution in [0.15, 0.2) is 83.9 Å². The first-order chi connectivity index (χ1) is 16.3. The van der Waals surface area contributed by atoms with E-state index in [0.717, 1.165) is 0 Å². The van der Waals surface area contributed by atoms with Gasteiger partial charge in [-0.3, -0.25) is 9.59 Å². The topological polar surface area (TPSA) is 74.7 Å². The Kier molecular flexibility index (Phi) is 6.45. The molecule has 0 saturated carbocycles. The number of aromatic carboxylic acids is 1. The highest BCUT2D eigenvalue weighted by Gasteiger charge is 2.31. The largest absolute Gasteiger partial charge is 0.478 e. The molecule has 1 amide bonds. The van der Waals surface area contributed by atoms with Crippen molar-refractivity contribution in [3.63, 3.8) is 0 Å². The van der Waals surface area contributed by atoms with Crippen molar-refractivity contribution >= 4 is 29.8 Å². The fourth-order valence-electron chi connectivity index (χ4n) is 3.77. The maximum atomic E-state index is 14.3. The molecule has 3 aromatic carbocycles. The Morgan fingerprint density at radius 3 is 1.65 bits per heavy atom. The second kappa shape index (κ2) is 9.62. The van der Waals surface area contributed by atoms with E-state index in [0.29, 0.717) is 0 Å². The third-order valence-corrected chi connectivity index (χ3v) is 5.45. The number of piperidine rings is 1. The zero-order valence-electron chi connectivity index (χ0n) is 17.9. The number of carbonyl (C=O) groups is 3. The molecule has 3 aromatic rings. The number of halogens is 2. The SMILES string of the molecule is O=C1/C(=C/c2ccccc2F)CN(C(=O)c2ccccc2C(=O)O)C/C1=C\c1ccccc1F. The maximum Gasteiger partial charge on any atom is 0.336 e. The van der Waals surface area contributed by atoms with Crippen LogP contribution in [-0.4, -0.2) is 40.8 Å². The molecule has 1 aliphatic rings. The number of ketones is 1. The predicted molar refractivity (Wildman–Crippen MR) is 123 cm³/mol. The number of carboxylic acid groups (broad SMARTS) is 1. The van der Waals surface area contributed by atoms with Crippen molar-refractivity contribution in [3.05, 3.63) is 118 Å².